The van der Waals surface area contributed by atoms with Crippen LogP contribution in [0.5, 0.6) is 0 Å². The third-order valence-electron chi connectivity index (χ3n) is 16.2. The van der Waals surface area contributed by atoms with Crippen molar-refractivity contribution >= 4 is 39.5 Å². The van der Waals surface area contributed by atoms with Crippen molar-refractivity contribution in [1.82, 2.24) is 0 Å². The van der Waals surface area contributed by atoms with E-state index in [0.717, 1.165) is 95.8 Å². The Hall–Kier alpha value is -1.94. The molecule has 0 heterocycles. The van der Waals surface area contributed by atoms with E-state index < -0.39 is 97.5 Å². The molecule has 0 saturated carbocycles. The van der Waals surface area contributed by atoms with E-state index >= 15 is 0 Å². The van der Waals surface area contributed by atoms with E-state index in [1.54, 1.807) is 0 Å². The van der Waals surface area contributed by atoms with Gasteiger partial charge in [-0.15, -0.1) is 0 Å². The Morgan fingerprint density at radius 3 is 0.764 bits per heavy atom. The van der Waals surface area contributed by atoms with E-state index in [4.69, 9.17) is 37.0 Å². The molecule has 0 aliphatic carbocycles. The molecule has 528 valence electrons. The van der Waals surface area contributed by atoms with Crippen LogP contribution in [0.3, 0.4) is 0 Å². The lowest BCUT2D eigenvalue weighted by Gasteiger charge is -2.21. The molecule has 0 aliphatic rings. The van der Waals surface area contributed by atoms with Crippen LogP contribution in [0.4, 0.5) is 0 Å². The molecule has 0 aromatic rings. The summed E-state index contributed by atoms with van der Waals surface area (Å²) in [7, 11) is -9.90. The summed E-state index contributed by atoms with van der Waals surface area (Å²) in [6.45, 7) is 9.46. The average molecular weight is 1310 g/mol. The second-order valence-electron chi connectivity index (χ2n) is 26.2. The minimum atomic E-state index is -4.95. The summed E-state index contributed by atoms with van der Waals surface area (Å²) < 4.78 is 68.2. The fourth-order valence-corrected chi connectivity index (χ4v) is 12.2. The Bertz CT molecular complexity index is 1730. The number of aliphatic hydroxyl groups excluding tert-OH is 1. The van der Waals surface area contributed by atoms with E-state index in [1.807, 2.05) is 0 Å². The van der Waals surface area contributed by atoms with Crippen molar-refractivity contribution in [2.24, 2.45) is 11.8 Å². The molecule has 0 spiro atoms. The molecule has 0 aromatic carbocycles. The number of aliphatic hydroxyl groups is 1. The van der Waals surface area contributed by atoms with E-state index in [1.165, 1.54) is 173 Å². The number of esters is 4. The molecule has 0 bridgehead atoms. The number of phosphoric acid groups is 2. The van der Waals surface area contributed by atoms with Crippen molar-refractivity contribution in [2.75, 3.05) is 39.6 Å². The number of hydrogen-bond donors (Lipinski definition) is 3. The topological polar surface area (TPSA) is 237 Å². The van der Waals surface area contributed by atoms with Gasteiger partial charge in [0.25, 0.3) is 0 Å². The predicted molar refractivity (Wildman–Crippen MR) is 358 cm³/mol. The van der Waals surface area contributed by atoms with Gasteiger partial charge in [0.1, 0.15) is 19.3 Å². The number of phosphoric ester groups is 2. The minimum absolute atomic E-state index is 0.102. The van der Waals surface area contributed by atoms with Crippen molar-refractivity contribution in [2.45, 2.75) is 374 Å². The molecule has 0 aromatic heterocycles. The smallest absolute Gasteiger partial charge is 0.462 e. The normalized spacial score (nSPS) is 14.1. The third-order valence-corrected chi connectivity index (χ3v) is 18.1. The first kappa shape index (κ1) is 87.1. The monoisotopic (exact) mass is 1310 g/mol. The van der Waals surface area contributed by atoms with Gasteiger partial charge in [-0.3, -0.25) is 37.3 Å². The van der Waals surface area contributed by atoms with Crippen molar-refractivity contribution in [1.29, 1.82) is 0 Å². The molecular formula is C70H136O17P2. The van der Waals surface area contributed by atoms with E-state index in [2.05, 4.69) is 41.5 Å². The SMILES string of the molecule is CCCCCCCCCCCCCCCCC(=O)OC[C@H](COP(=O)(O)OC[C@@H](O)COP(=O)(O)OC[C@@H](COC(=O)CCCCCCCCCCC)OC(=O)CCCCCCCCC(C)C)OC(=O)CCCCCCCCCCCCCCCCC(C)C. The van der Waals surface area contributed by atoms with E-state index in [0.29, 0.717) is 31.6 Å². The maximum atomic E-state index is 13.0. The van der Waals surface area contributed by atoms with Gasteiger partial charge < -0.3 is 33.8 Å². The Morgan fingerprint density at radius 1 is 0.303 bits per heavy atom. The summed E-state index contributed by atoms with van der Waals surface area (Å²) in [4.78, 5) is 72.4. The first-order valence-electron chi connectivity index (χ1n) is 36.5. The number of hydrogen-bond acceptors (Lipinski definition) is 15. The summed E-state index contributed by atoms with van der Waals surface area (Å²) >= 11 is 0. The fraction of sp³-hybridized carbons (Fsp3) is 0.943. The molecule has 2 unspecified atom stereocenters. The van der Waals surface area contributed by atoms with Crippen LogP contribution in [-0.4, -0.2) is 96.7 Å². The molecule has 19 heteroatoms. The Balaban J connectivity index is 5.21. The van der Waals surface area contributed by atoms with E-state index in [9.17, 15) is 43.2 Å². The first-order valence-corrected chi connectivity index (χ1v) is 39.5. The zero-order valence-corrected chi connectivity index (χ0v) is 59.5. The molecule has 3 N–H and O–H groups in total. The quantitative estimate of drug-likeness (QED) is 0.0222. The largest absolute Gasteiger partial charge is 0.472 e. The van der Waals surface area contributed by atoms with Crippen LogP contribution in [0.2, 0.25) is 0 Å². The van der Waals surface area contributed by atoms with Gasteiger partial charge in [-0.05, 0) is 37.5 Å². The van der Waals surface area contributed by atoms with Crippen LogP contribution in [0.1, 0.15) is 356 Å². The van der Waals surface area contributed by atoms with E-state index in [-0.39, 0.29) is 25.7 Å². The van der Waals surface area contributed by atoms with Crippen molar-refractivity contribution in [3.05, 3.63) is 0 Å². The van der Waals surface area contributed by atoms with Crippen molar-refractivity contribution in [3.8, 4) is 0 Å². The van der Waals surface area contributed by atoms with Crippen molar-refractivity contribution in [3.63, 3.8) is 0 Å². The van der Waals surface area contributed by atoms with Crippen LogP contribution in [-0.2, 0) is 65.4 Å². The maximum absolute atomic E-state index is 13.0. The highest BCUT2D eigenvalue weighted by atomic mass is 31.2. The lowest BCUT2D eigenvalue weighted by molar-refractivity contribution is -0.161. The highest BCUT2D eigenvalue weighted by Gasteiger charge is 2.30. The standard InChI is InChI=1S/C70H136O17P2/c1-7-9-11-13-15-17-18-19-23-26-30-34-41-47-53-68(73)81-58-65(86-69(74)54-48-42-35-31-27-24-21-20-22-25-29-32-38-44-50-62(3)4)60-84-88(76,77)82-56-64(71)57-83-89(78,79)85-61-66(87-70(75)55-49-43-37-36-39-45-51-63(5)6)59-80-67(72)52-46-40-33-28-16-14-12-10-8-2/h62-66,71H,7-61H2,1-6H3,(H,76,77)(H,78,79)/t64-,65-,66-/m1/s1. The van der Waals surface area contributed by atoms with Gasteiger partial charge in [0, 0.05) is 25.7 Å². The van der Waals surface area contributed by atoms with Crippen LogP contribution in [0.25, 0.3) is 0 Å². The Labute approximate surface area is 543 Å². The summed E-state index contributed by atoms with van der Waals surface area (Å²) in [5.41, 5.74) is 0. The van der Waals surface area contributed by atoms with Gasteiger partial charge in [0.05, 0.1) is 26.4 Å². The fourth-order valence-electron chi connectivity index (χ4n) is 10.6. The summed E-state index contributed by atoms with van der Waals surface area (Å²) in [5, 5.41) is 10.6. The maximum Gasteiger partial charge on any atom is 0.472 e. The average Bonchev–Trinajstić information content (AvgIpc) is 3.63. The Morgan fingerprint density at radius 2 is 0.517 bits per heavy atom. The van der Waals surface area contributed by atoms with Gasteiger partial charge in [-0.25, -0.2) is 9.13 Å². The van der Waals surface area contributed by atoms with Crippen LogP contribution in [0, 0.1) is 11.8 Å². The van der Waals surface area contributed by atoms with Gasteiger partial charge >= 0.3 is 39.5 Å². The molecule has 0 aliphatic heterocycles. The lowest BCUT2D eigenvalue weighted by atomic mass is 10.0. The molecular weight excluding hydrogens is 1170 g/mol. The summed E-state index contributed by atoms with van der Waals surface area (Å²) in [6.07, 6.45) is 47.3. The number of carbonyl (C=O) groups is 4. The summed E-state index contributed by atoms with van der Waals surface area (Å²) in [5.74, 6) is -0.664. The third kappa shape index (κ3) is 64.6. The van der Waals surface area contributed by atoms with Gasteiger partial charge in [-0.2, -0.15) is 0 Å². The number of unbranched alkanes of at least 4 members (excludes halogenated alkanes) is 39. The molecule has 0 rings (SSSR count). The number of carbonyl (C=O) groups excluding carboxylic acids is 4. The van der Waals surface area contributed by atoms with Crippen LogP contribution in [0.15, 0.2) is 0 Å². The zero-order valence-electron chi connectivity index (χ0n) is 57.7. The number of rotatable bonds is 69. The van der Waals surface area contributed by atoms with Gasteiger partial charge in [-0.1, -0.05) is 305 Å². The first-order chi connectivity index (χ1) is 42.9. The highest BCUT2D eigenvalue weighted by Crippen LogP contribution is 2.45. The molecule has 17 nitrogen and oxygen atoms in total. The van der Waals surface area contributed by atoms with Gasteiger partial charge in [0.15, 0.2) is 12.2 Å². The minimum Gasteiger partial charge on any atom is -0.462 e. The van der Waals surface area contributed by atoms with Crippen LogP contribution >= 0.6 is 15.6 Å². The Kier molecular flexibility index (Phi) is 60.8. The zero-order chi connectivity index (χ0) is 65.7. The molecule has 0 amide bonds. The van der Waals surface area contributed by atoms with Gasteiger partial charge in [0.2, 0.25) is 0 Å². The predicted octanol–water partition coefficient (Wildman–Crippen LogP) is 20.0. The lowest BCUT2D eigenvalue weighted by Crippen LogP contribution is -2.30. The molecule has 89 heavy (non-hydrogen) atoms. The number of ether oxygens (including phenoxy) is 4. The molecule has 5 atom stereocenters. The highest BCUT2D eigenvalue weighted by molar-refractivity contribution is 7.47. The molecule has 0 fully saturated rings. The summed E-state index contributed by atoms with van der Waals surface area (Å²) in [6, 6.07) is 0. The molecule has 0 radical (unpaired) electrons. The van der Waals surface area contributed by atoms with Crippen LogP contribution < -0.4 is 0 Å². The molecule has 0 saturated heterocycles. The second-order valence-corrected chi connectivity index (χ2v) is 29.1. The van der Waals surface area contributed by atoms with Crippen molar-refractivity contribution < 1.29 is 80.2 Å². The second kappa shape index (κ2) is 62.2.